The summed E-state index contributed by atoms with van der Waals surface area (Å²) in [5.74, 6) is -0.0432. The Morgan fingerprint density at radius 3 is 1.90 bits per heavy atom. The highest BCUT2D eigenvalue weighted by Gasteiger charge is 2.48. The molecule has 0 aromatic heterocycles. The third kappa shape index (κ3) is 8.09. The number of amides is 3. The lowest BCUT2D eigenvalue weighted by atomic mass is 9.54. The van der Waals surface area contributed by atoms with Gasteiger partial charge in [-0.3, -0.25) is 14.4 Å². The van der Waals surface area contributed by atoms with Crippen LogP contribution >= 0.6 is 0 Å². The topological polar surface area (TPSA) is 123 Å². The van der Waals surface area contributed by atoms with E-state index in [1.165, 1.54) is 0 Å². The number of nitrogens with two attached hydrogens (primary N) is 1. The van der Waals surface area contributed by atoms with Crippen molar-refractivity contribution in [1.29, 1.82) is 0 Å². The molecular weight excluding hydrogens is 516 g/mol. The Morgan fingerprint density at radius 2 is 1.34 bits per heavy atom. The van der Waals surface area contributed by atoms with Crippen molar-refractivity contribution in [3.8, 4) is 5.75 Å². The molecule has 0 radical (unpaired) electrons. The molecule has 222 valence electrons. The van der Waals surface area contributed by atoms with Crippen molar-refractivity contribution in [2.24, 2.45) is 16.6 Å². The van der Waals surface area contributed by atoms with Crippen molar-refractivity contribution < 1.29 is 19.1 Å². The first kappa shape index (κ1) is 30.6. The van der Waals surface area contributed by atoms with E-state index < -0.39 is 12.1 Å². The molecule has 3 aliphatic rings. The zero-order chi connectivity index (χ0) is 29.3. The molecule has 3 aliphatic carbocycles. The van der Waals surface area contributed by atoms with Gasteiger partial charge in [0.2, 0.25) is 17.7 Å². The maximum Gasteiger partial charge on any atom is 0.243 e. The van der Waals surface area contributed by atoms with E-state index in [0.29, 0.717) is 26.0 Å². The van der Waals surface area contributed by atoms with Crippen molar-refractivity contribution in [3.05, 3.63) is 65.7 Å². The molecule has 2 atom stereocenters. The van der Waals surface area contributed by atoms with Gasteiger partial charge in [-0.25, -0.2) is 0 Å². The fraction of sp³-hybridized carbons (Fsp3) is 0.545. The minimum atomic E-state index is -0.814. The maximum absolute atomic E-state index is 13.6. The monoisotopic (exact) mass is 562 g/mol. The van der Waals surface area contributed by atoms with Gasteiger partial charge in [0.05, 0.1) is 6.61 Å². The van der Waals surface area contributed by atoms with Gasteiger partial charge in [0.1, 0.15) is 17.8 Å². The number of carbonyl (C=O) groups excluding carboxylic acids is 3. The predicted molar refractivity (Wildman–Crippen MR) is 160 cm³/mol. The van der Waals surface area contributed by atoms with E-state index in [-0.39, 0.29) is 35.0 Å². The van der Waals surface area contributed by atoms with Gasteiger partial charge in [0.25, 0.3) is 0 Å². The molecule has 2 aromatic rings. The molecule has 5 N–H and O–H groups in total. The van der Waals surface area contributed by atoms with Gasteiger partial charge < -0.3 is 26.4 Å². The van der Waals surface area contributed by atoms with Crippen LogP contribution in [-0.4, -0.2) is 49.5 Å². The Bertz CT molecular complexity index is 1140. The van der Waals surface area contributed by atoms with E-state index in [1.807, 2.05) is 61.5 Å². The second-order valence-electron chi connectivity index (χ2n) is 11.9. The summed E-state index contributed by atoms with van der Waals surface area (Å²) in [4.78, 5) is 39.6. The maximum atomic E-state index is 13.6. The number of rotatable bonds is 14. The Labute approximate surface area is 244 Å². The van der Waals surface area contributed by atoms with Gasteiger partial charge in [-0.2, -0.15) is 0 Å². The van der Waals surface area contributed by atoms with E-state index in [2.05, 4.69) is 16.0 Å². The summed E-state index contributed by atoms with van der Waals surface area (Å²) in [6.45, 7) is 5.59. The van der Waals surface area contributed by atoms with Crippen LogP contribution in [0.25, 0.3) is 0 Å². The lowest BCUT2D eigenvalue weighted by molar-refractivity contribution is -0.132. The molecule has 0 saturated heterocycles. The largest absolute Gasteiger partial charge is 0.494 e. The number of fused-ring (bicyclic) bond motifs is 3. The van der Waals surface area contributed by atoms with E-state index in [0.717, 1.165) is 61.9 Å². The molecule has 8 heteroatoms. The molecule has 0 unspecified atom stereocenters. The van der Waals surface area contributed by atoms with Crippen LogP contribution in [0.15, 0.2) is 54.6 Å². The predicted octanol–water partition coefficient (Wildman–Crippen LogP) is 3.67. The quantitative estimate of drug-likeness (QED) is 0.280. The second-order valence-corrected chi connectivity index (χ2v) is 11.9. The van der Waals surface area contributed by atoms with Crippen molar-refractivity contribution in [3.63, 3.8) is 0 Å². The van der Waals surface area contributed by atoms with E-state index >= 15 is 0 Å². The Kier molecular flexibility index (Phi) is 10.4. The summed E-state index contributed by atoms with van der Waals surface area (Å²) in [5.41, 5.74) is 8.32. The van der Waals surface area contributed by atoms with Crippen LogP contribution in [0.5, 0.6) is 5.75 Å². The molecule has 8 nitrogen and oxygen atoms in total. The summed E-state index contributed by atoms with van der Waals surface area (Å²) < 4.78 is 5.53. The lowest BCUT2D eigenvalue weighted by Crippen LogP contribution is -2.56. The molecule has 3 saturated carbocycles. The van der Waals surface area contributed by atoms with Crippen molar-refractivity contribution in [1.82, 2.24) is 16.0 Å². The van der Waals surface area contributed by atoms with Gasteiger partial charge in [-0.1, -0.05) is 49.4 Å². The molecule has 3 fully saturated rings. The van der Waals surface area contributed by atoms with E-state index in [1.54, 1.807) is 6.92 Å². The van der Waals surface area contributed by atoms with Crippen molar-refractivity contribution in [2.45, 2.75) is 83.7 Å². The average molecular weight is 563 g/mol. The molecule has 2 aromatic carbocycles. The van der Waals surface area contributed by atoms with Crippen molar-refractivity contribution >= 4 is 17.7 Å². The van der Waals surface area contributed by atoms with Crippen LogP contribution in [0, 0.1) is 10.8 Å². The Hall–Kier alpha value is -3.39. The molecule has 5 rings (SSSR count). The fourth-order valence-electron chi connectivity index (χ4n) is 6.27. The first-order valence-electron chi connectivity index (χ1n) is 15.1. The van der Waals surface area contributed by atoms with Crippen molar-refractivity contribution in [2.75, 3.05) is 19.7 Å². The first-order chi connectivity index (χ1) is 19.8. The minimum Gasteiger partial charge on any atom is -0.494 e. The summed E-state index contributed by atoms with van der Waals surface area (Å²) in [5, 5.41) is 9.03. The number of carbonyl (C=O) groups is 3. The van der Waals surface area contributed by atoms with Gasteiger partial charge in [-0.05, 0) is 86.1 Å². The highest BCUT2D eigenvalue weighted by atomic mass is 16.5. The smallest absolute Gasteiger partial charge is 0.243 e. The third-order valence-electron chi connectivity index (χ3n) is 9.19. The van der Waals surface area contributed by atoms with Crippen LogP contribution in [-0.2, 0) is 27.2 Å². The van der Waals surface area contributed by atoms with Crippen LogP contribution in [0.4, 0.5) is 0 Å². The number of nitrogens with one attached hydrogen (secondary N) is 3. The van der Waals surface area contributed by atoms with Crippen LogP contribution in [0.1, 0.15) is 69.9 Å². The SMILES string of the molecule is CCOc1ccc(C[C@@H](NC(=O)CC)C(=O)N[C@@H](Cc2ccccc2)C(=O)NCC23CCC(CN)(CC2)CC3)cc1. The number of ether oxygens (including phenoxy) is 1. The Balaban J connectivity index is 1.46. The molecule has 41 heavy (non-hydrogen) atoms. The molecule has 0 aliphatic heterocycles. The molecule has 2 bridgehead atoms. The van der Waals surface area contributed by atoms with E-state index in [9.17, 15) is 14.4 Å². The summed E-state index contributed by atoms with van der Waals surface area (Å²) in [6, 6.07) is 15.6. The molecular formula is C33H46N4O4. The summed E-state index contributed by atoms with van der Waals surface area (Å²) in [6.07, 6.45) is 7.51. The second kappa shape index (κ2) is 14.0. The normalized spacial score (nSPS) is 22.8. The summed E-state index contributed by atoms with van der Waals surface area (Å²) >= 11 is 0. The van der Waals surface area contributed by atoms with Crippen LogP contribution < -0.4 is 26.4 Å². The highest BCUT2D eigenvalue weighted by molar-refractivity contribution is 5.92. The third-order valence-corrected chi connectivity index (χ3v) is 9.19. The van der Waals surface area contributed by atoms with Gasteiger partial charge in [0, 0.05) is 25.8 Å². The molecule has 0 heterocycles. The van der Waals surface area contributed by atoms with Gasteiger partial charge >= 0.3 is 0 Å². The van der Waals surface area contributed by atoms with Gasteiger partial charge in [0.15, 0.2) is 0 Å². The summed E-state index contributed by atoms with van der Waals surface area (Å²) in [7, 11) is 0. The minimum absolute atomic E-state index is 0.110. The van der Waals surface area contributed by atoms with Crippen LogP contribution in [0.3, 0.4) is 0 Å². The molecule has 3 amide bonds. The lowest BCUT2D eigenvalue weighted by Gasteiger charge is -2.53. The van der Waals surface area contributed by atoms with Crippen LogP contribution in [0.2, 0.25) is 0 Å². The first-order valence-corrected chi connectivity index (χ1v) is 15.1. The van der Waals surface area contributed by atoms with Gasteiger partial charge in [-0.15, -0.1) is 0 Å². The number of hydrogen-bond donors (Lipinski definition) is 4. The number of benzene rings is 2. The highest BCUT2D eigenvalue weighted by Crippen LogP contribution is 2.56. The average Bonchev–Trinajstić information content (AvgIpc) is 3.01. The standard InChI is InChI=1S/C33H46N4O4/c1-3-29(38)36-28(21-25-10-12-26(13-11-25)41-4-2)31(40)37-27(20-24-8-6-5-7-9-24)30(39)35-23-33-17-14-32(22-34,15-18-33)16-19-33/h5-13,27-28H,3-4,14-23,34H2,1-2H3,(H,35,39)(H,36,38)(H,37,40)/t27-,28+,32?,33?/m0/s1. The fourth-order valence-corrected chi connectivity index (χ4v) is 6.27. The Morgan fingerprint density at radius 1 is 0.780 bits per heavy atom. The zero-order valence-electron chi connectivity index (χ0n) is 24.5. The zero-order valence-corrected chi connectivity index (χ0v) is 24.5. The van der Waals surface area contributed by atoms with E-state index in [4.69, 9.17) is 10.5 Å². The molecule has 0 spiro atoms. The number of hydrogen-bond acceptors (Lipinski definition) is 5.